The molecule has 1 aliphatic rings. The van der Waals surface area contributed by atoms with Gasteiger partial charge >= 0.3 is 0 Å². The molecule has 1 unspecified atom stereocenters. The number of hydrogen-bond acceptors (Lipinski definition) is 1. The first-order valence-corrected chi connectivity index (χ1v) is 5.61. The van der Waals surface area contributed by atoms with Crippen LogP contribution in [0.15, 0.2) is 12.2 Å². The molecule has 1 heterocycles. The van der Waals surface area contributed by atoms with Gasteiger partial charge in [-0.3, -0.25) is 4.90 Å². The van der Waals surface area contributed by atoms with Crippen LogP contribution in [0.25, 0.3) is 0 Å². The third-order valence-electron chi connectivity index (χ3n) is 2.80. The molecule has 1 saturated heterocycles. The molecule has 0 aromatic heterocycles. The Hall–Kier alpha value is -0.0100. The van der Waals surface area contributed by atoms with Crippen LogP contribution in [0.2, 0.25) is 0 Å². The average molecular weight is 218 g/mol. The van der Waals surface area contributed by atoms with Crippen molar-refractivity contribution in [3.63, 3.8) is 0 Å². The Balaban J connectivity index is 0.00000169. The molecule has 0 radical (unpaired) electrons. The van der Waals surface area contributed by atoms with E-state index < -0.39 is 0 Å². The van der Waals surface area contributed by atoms with Gasteiger partial charge in [-0.15, -0.1) is 12.4 Å². The highest BCUT2D eigenvalue weighted by atomic mass is 35.5. The Kier molecular flexibility index (Phi) is 7.30. The van der Waals surface area contributed by atoms with Crippen molar-refractivity contribution in [1.29, 1.82) is 0 Å². The van der Waals surface area contributed by atoms with E-state index in [1.165, 1.54) is 25.8 Å². The van der Waals surface area contributed by atoms with E-state index in [2.05, 4.69) is 37.8 Å². The molecule has 1 fully saturated rings. The molecule has 0 amide bonds. The predicted molar refractivity (Wildman–Crippen MR) is 66.1 cm³/mol. The maximum absolute atomic E-state index is 2.59. The molecule has 0 aliphatic carbocycles. The molecular weight excluding hydrogens is 194 g/mol. The Morgan fingerprint density at radius 2 is 2.07 bits per heavy atom. The van der Waals surface area contributed by atoms with Gasteiger partial charge in [0.25, 0.3) is 0 Å². The molecular formula is C12H24ClN. The van der Waals surface area contributed by atoms with Crippen LogP contribution < -0.4 is 0 Å². The lowest BCUT2D eigenvalue weighted by molar-refractivity contribution is 0.178. The third kappa shape index (κ3) is 5.02. The van der Waals surface area contributed by atoms with Crippen molar-refractivity contribution in [2.24, 2.45) is 5.92 Å². The molecule has 14 heavy (non-hydrogen) atoms. The molecule has 1 nitrogen and oxygen atoms in total. The Bertz CT molecular complexity index is 166. The molecule has 0 aromatic rings. The van der Waals surface area contributed by atoms with Gasteiger partial charge in [0, 0.05) is 12.6 Å². The fourth-order valence-electron chi connectivity index (χ4n) is 1.90. The van der Waals surface area contributed by atoms with Crippen molar-refractivity contribution in [3.8, 4) is 0 Å². The summed E-state index contributed by atoms with van der Waals surface area (Å²) >= 11 is 0. The van der Waals surface area contributed by atoms with E-state index in [1.54, 1.807) is 0 Å². The molecule has 1 aliphatic heterocycles. The first-order chi connectivity index (χ1) is 6.20. The maximum atomic E-state index is 2.59. The highest BCUT2D eigenvalue weighted by Gasteiger charge is 2.15. The van der Waals surface area contributed by atoms with E-state index in [0.717, 1.165) is 12.6 Å². The van der Waals surface area contributed by atoms with Gasteiger partial charge < -0.3 is 0 Å². The van der Waals surface area contributed by atoms with E-state index in [0.29, 0.717) is 5.92 Å². The van der Waals surface area contributed by atoms with Crippen LogP contribution >= 0.6 is 12.4 Å². The first kappa shape index (κ1) is 14.0. The molecule has 0 saturated carbocycles. The topological polar surface area (TPSA) is 3.24 Å². The van der Waals surface area contributed by atoms with Crippen LogP contribution in [0, 0.1) is 5.92 Å². The van der Waals surface area contributed by atoms with Crippen LogP contribution in [0.3, 0.4) is 0 Å². The predicted octanol–water partition coefficient (Wildman–Crippen LogP) is 3.49. The molecule has 0 bridgehead atoms. The van der Waals surface area contributed by atoms with Crippen LogP contribution in [0.5, 0.6) is 0 Å². The highest BCUT2D eigenvalue weighted by molar-refractivity contribution is 5.85. The van der Waals surface area contributed by atoms with Crippen LogP contribution in [0.4, 0.5) is 0 Å². The lowest BCUT2D eigenvalue weighted by Crippen LogP contribution is -2.37. The van der Waals surface area contributed by atoms with Crippen molar-refractivity contribution in [2.75, 3.05) is 13.1 Å². The molecule has 1 atom stereocenters. The molecule has 1 rings (SSSR count). The van der Waals surface area contributed by atoms with E-state index in [1.807, 2.05) is 0 Å². The summed E-state index contributed by atoms with van der Waals surface area (Å²) in [5, 5.41) is 0. The van der Waals surface area contributed by atoms with Crippen molar-refractivity contribution >= 4 is 12.4 Å². The van der Waals surface area contributed by atoms with Crippen LogP contribution in [-0.4, -0.2) is 24.0 Å². The Morgan fingerprint density at radius 1 is 1.36 bits per heavy atom. The van der Waals surface area contributed by atoms with Crippen molar-refractivity contribution in [1.82, 2.24) is 4.90 Å². The van der Waals surface area contributed by atoms with E-state index >= 15 is 0 Å². The van der Waals surface area contributed by atoms with Crippen LogP contribution in [0.1, 0.15) is 40.0 Å². The zero-order chi connectivity index (χ0) is 9.68. The van der Waals surface area contributed by atoms with Gasteiger partial charge in [-0.05, 0) is 32.2 Å². The monoisotopic (exact) mass is 217 g/mol. The second kappa shape index (κ2) is 7.30. The highest BCUT2D eigenvalue weighted by Crippen LogP contribution is 2.15. The lowest BCUT2D eigenvalue weighted by atomic mass is 10.0. The minimum Gasteiger partial charge on any atom is -0.297 e. The third-order valence-corrected chi connectivity index (χ3v) is 2.80. The number of rotatable bonds is 3. The SMILES string of the molecule is CC(C)/C=C/CN1CCCCC1C.Cl. The molecule has 84 valence electrons. The average Bonchev–Trinajstić information content (AvgIpc) is 2.08. The summed E-state index contributed by atoms with van der Waals surface area (Å²) in [6.45, 7) is 9.26. The normalized spacial score (nSPS) is 24.1. The Morgan fingerprint density at radius 3 is 2.64 bits per heavy atom. The number of halogens is 1. The molecule has 0 spiro atoms. The fraction of sp³-hybridized carbons (Fsp3) is 0.833. The minimum absolute atomic E-state index is 0. The maximum Gasteiger partial charge on any atom is 0.0166 e. The fourth-order valence-corrected chi connectivity index (χ4v) is 1.90. The van der Waals surface area contributed by atoms with Crippen molar-refractivity contribution in [2.45, 2.75) is 46.1 Å². The number of hydrogen-bond donors (Lipinski definition) is 0. The van der Waals surface area contributed by atoms with Crippen LogP contribution in [-0.2, 0) is 0 Å². The van der Waals surface area contributed by atoms with Crippen molar-refractivity contribution < 1.29 is 0 Å². The summed E-state index contributed by atoms with van der Waals surface area (Å²) < 4.78 is 0. The van der Waals surface area contributed by atoms with Gasteiger partial charge in [-0.25, -0.2) is 0 Å². The van der Waals surface area contributed by atoms with E-state index in [9.17, 15) is 0 Å². The number of likely N-dealkylation sites (tertiary alicyclic amines) is 1. The molecule has 2 heteroatoms. The van der Waals surface area contributed by atoms with Gasteiger partial charge in [0.2, 0.25) is 0 Å². The Labute approximate surface area is 95.0 Å². The zero-order valence-corrected chi connectivity index (χ0v) is 10.5. The summed E-state index contributed by atoms with van der Waals surface area (Å²) in [6.07, 6.45) is 8.83. The standard InChI is InChI=1S/C12H23N.ClH/c1-11(2)7-6-10-13-9-5-4-8-12(13)3;/h6-7,11-12H,4-5,8-10H2,1-3H3;1H/b7-6+;. The largest absolute Gasteiger partial charge is 0.297 e. The number of piperidine rings is 1. The quantitative estimate of drug-likeness (QED) is 0.655. The van der Waals surface area contributed by atoms with Gasteiger partial charge in [0.15, 0.2) is 0 Å². The smallest absolute Gasteiger partial charge is 0.0166 e. The first-order valence-electron chi connectivity index (χ1n) is 5.61. The second-order valence-corrected chi connectivity index (χ2v) is 4.51. The van der Waals surface area contributed by atoms with E-state index in [-0.39, 0.29) is 12.4 Å². The van der Waals surface area contributed by atoms with Gasteiger partial charge in [0.1, 0.15) is 0 Å². The van der Waals surface area contributed by atoms with Gasteiger partial charge in [-0.1, -0.05) is 32.4 Å². The summed E-state index contributed by atoms with van der Waals surface area (Å²) in [4.78, 5) is 2.59. The summed E-state index contributed by atoms with van der Waals surface area (Å²) in [6, 6.07) is 0.797. The number of allylic oxidation sites excluding steroid dienone is 1. The van der Waals surface area contributed by atoms with E-state index in [4.69, 9.17) is 0 Å². The zero-order valence-electron chi connectivity index (χ0n) is 9.70. The lowest BCUT2D eigenvalue weighted by Gasteiger charge is -2.32. The molecule has 0 aromatic carbocycles. The second-order valence-electron chi connectivity index (χ2n) is 4.51. The summed E-state index contributed by atoms with van der Waals surface area (Å²) in [5.41, 5.74) is 0. The summed E-state index contributed by atoms with van der Waals surface area (Å²) in [5.74, 6) is 0.695. The minimum atomic E-state index is 0. The van der Waals surface area contributed by atoms with Gasteiger partial charge in [-0.2, -0.15) is 0 Å². The van der Waals surface area contributed by atoms with Gasteiger partial charge in [0.05, 0.1) is 0 Å². The number of nitrogens with zero attached hydrogens (tertiary/aromatic N) is 1. The summed E-state index contributed by atoms with van der Waals surface area (Å²) in [7, 11) is 0. The van der Waals surface area contributed by atoms with Crippen molar-refractivity contribution in [3.05, 3.63) is 12.2 Å². The molecule has 0 N–H and O–H groups in total.